The minimum Gasteiger partial charge on any atom is -0.497 e. The summed E-state index contributed by atoms with van der Waals surface area (Å²) >= 11 is 1.55. The number of rotatable bonds is 8. The van der Waals surface area contributed by atoms with Crippen molar-refractivity contribution >= 4 is 17.6 Å². The molecule has 6 heteroatoms. The van der Waals surface area contributed by atoms with Gasteiger partial charge in [0.1, 0.15) is 11.5 Å². The van der Waals surface area contributed by atoms with Crippen molar-refractivity contribution in [1.82, 2.24) is 4.68 Å². The third-order valence-corrected chi connectivity index (χ3v) is 4.32. The van der Waals surface area contributed by atoms with Crippen LogP contribution in [0.2, 0.25) is 0 Å². The minimum atomic E-state index is 0.582. The van der Waals surface area contributed by atoms with Crippen molar-refractivity contribution in [3.8, 4) is 22.8 Å². The molecule has 5 nitrogen and oxygen atoms in total. The Labute approximate surface area is 153 Å². The van der Waals surface area contributed by atoms with Crippen LogP contribution >= 0.6 is 11.3 Å². The molecule has 25 heavy (non-hydrogen) atoms. The van der Waals surface area contributed by atoms with E-state index in [4.69, 9.17) is 9.47 Å². The summed E-state index contributed by atoms with van der Waals surface area (Å²) in [7, 11) is 3.31. The number of hydrogen-bond acceptors (Lipinski definition) is 5. The predicted molar refractivity (Wildman–Crippen MR) is 105 cm³/mol. The summed E-state index contributed by atoms with van der Waals surface area (Å²) in [6, 6.07) is 5.73. The molecule has 0 saturated heterocycles. The topological polar surface area (TPSA) is 48.1 Å². The molecule has 0 aliphatic heterocycles. The Kier molecular flexibility index (Phi) is 7.01. The number of hydrogen-bond donors (Lipinski definition) is 0. The molecule has 0 N–H and O–H groups in total. The van der Waals surface area contributed by atoms with Crippen LogP contribution in [0.1, 0.15) is 26.7 Å². The first-order valence-electron chi connectivity index (χ1n) is 8.21. The summed E-state index contributed by atoms with van der Waals surface area (Å²) in [6.45, 7) is 8.59. The molecular weight excluding hydrogens is 334 g/mol. The van der Waals surface area contributed by atoms with Gasteiger partial charge in [-0.15, -0.1) is 11.3 Å². The fourth-order valence-electron chi connectivity index (χ4n) is 2.19. The first kappa shape index (κ1) is 19.0. The Morgan fingerprint density at radius 1 is 1.32 bits per heavy atom. The van der Waals surface area contributed by atoms with E-state index in [0.29, 0.717) is 6.54 Å². The van der Waals surface area contributed by atoms with Crippen molar-refractivity contribution in [1.29, 1.82) is 0 Å². The smallest absolute Gasteiger partial charge is 0.206 e. The second kappa shape index (κ2) is 9.22. The second-order valence-corrected chi connectivity index (χ2v) is 6.48. The quantitative estimate of drug-likeness (QED) is 0.520. The minimum absolute atomic E-state index is 0.582. The van der Waals surface area contributed by atoms with E-state index in [9.17, 15) is 0 Å². The highest BCUT2D eigenvalue weighted by atomic mass is 32.1. The summed E-state index contributed by atoms with van der Waals surface area (Å²) in [4.78, 5) is 5.45. The summed E-state index contributed by atoms with van der Waals surface area (Å²) in [6.07, 6.45) is 3.88. The lowest BCUT2D eigenvalue weighted by atomic mass is 10.1. The van der Waals surface area contributed by atoms with E-state index in [0.717, 1.165) is 46.0 Å². The van der Waals surface area contributed by atoms with Gasteiger partial charge in [0, 0.05) is 17.2 Å². The molecule has 0 bridgehead atoms. The van der Waals surface area contributed by atoms with Gasteiger partial charge in [0.25, 0.3) is 0 Å². The van der Waals surface area contributed by atoms with Crippen LogP contribution in [0.4, 0.5) is 0 Å². The van der Waals surface area contributed by atoms with Crippen LogP contribution in [0, 0.1) is 0 Å². The van der Waals surface area contributed by atoms with E-state index in [1.54, 1.807) is 25.6 Å². The fourth-order valence-corrected chi connectivity index (χ4v) is 3.02. The van der Waals surface area contributed by atoms with Gasteiger partial charge in [0.15, 0.2) is 0 Å². The lowest BCUT2D eigenvalue weighted by Crippen LogP contribution is -2.13. The Balaban J connectivity index is 2.61. The van der Waals surface area contributed by atoms with Gasteiger partial charge in [-0.3, -0.25) is 4.99 Å². The Morgan fingerprint density at radius 3 is 2.76 bits per heavy atom. The number of aromatic nitrogens is 1. The monoisotopic (exact) mass is 359 g/mol. The fraction of sp³-hybridized carbons (Fsp3) is 0.368. The van der Waals surface area contributed by atoms with Crippen molar-refractivity contribution in [2.24, 2.45) is 10.1 Å². The van der Waals surface area contributed by atoms with Crippen molar-refractivity contribution in [3.63, 3.8) is 0 Å². The van der Waals surface area contributed by atoms with Crippen molar-refractivity contribution < 1.29 is 9.47 Å². The summed E-state index contributed by atoms with van der Waals surface area (Å²) in [5.74, 6) is 1.54. The molecule has 0 aliphatic rings. The van der Waals surface area contributed by atoms with E-state index in [1.165, 1.54) is 0 Å². The molecule has 1 aromatic carbocycles. The summed E-state index contributed by atoms with van der Waals surface area (Å²) < 4.78 is 12.8. The highest BCUT2D eigenvalue weighted by molar-refractivity contribution is 7.07. The average molecular weight is 359 g/mol. The maximum Gasteiger partial charge on any atom is 0.206 e. The van der Waals surface area contributed by atoms with Crippen LogP contribution < -0.4 is 14.3 Å². The number of benzene rings is 1. The number of nitrogens with zero attached hydrogens (tertiary/aromatic N) is 3. The molecule has 0 spiro atoms. The van der Waals surface area contributed by atoms with E-state index in [1.807, 2.05) is 41.4 Å². The van der Waals surface area contributed by atoms with Gasteiger partial charge < -0.3 is 9.47 Å². The van der Waals surface area contributed by atoms with Gasteiger partial charge in [-0.25, -0.2) is 4.68 Å². The van der Waals surface area contributed by atoms with Crippen molar-refractivity contribution in [2.45, 2.75) is 26.7 Å². The van der Waals surface area contributed by atoms with Gasteiger partial charge in [-0.05, 0) is 31.5 Å². The average Bonchev–Trinajstić information content (AvgIpc) is 3.02. The normalized spacial score (nSPS) is 11.9. The van der Waals surface area contributed by atoms with Gasteiger partial charge in [0.05, 0.1) is 26.5 Å². The highest BCUT2D eigenvalue weighted by Gasteiger charge is 2.13. The molecule has 2 aromatic rings. The molecule has 0 amide bonds. The molecule has 0 fully saturated rings. The number of unbranched alkanes of at least 4 members (excludes halogenated alkanes) is 1. The Bertz CT molecular complexity index is 818. The molecule has 0 saturated carbocycles. The van der Waals surface area contributed by atoms with Crippen LogP contribution in [0.25, 0.3) is 11.3 Å². The number of ether oxygens (including phenoxy) is 2. The molecule has 0 unspecified atom stereocenters. The highest BCUT2D eigenvalue weighted by Crippen LogP contribution is 2.33. The van der Waals surface area contributed by atoms with E-state index in [-0.39, 0.29) is 0 Å². The zero-order valence-electron chi connectivity index (χ0n) is 15.3. The third-order valence-electron chi connectivity index (χ3n) is 3.47. The molecule has 0 radical (unpaired) electrons. The Hall–Kier alpha value is -2.34. The maximum atomic E-state index is 5.53. The Morgan fingerprint density at radius 2 is 2.12 bits per heavy atom. The van der Waals surface area contributed by atoms with E-state index >= 15 is 0 Å². The number of methoxy groups -OCH3 is 2. The van der Waals surface area contributed by atoms with E-state index in [2.05, 4.69) is 23.6 Å². The van der Waals surface area contributed by atoms with Crippen molar-refractivity contribution in [2.75, 3.05) is 20.8 Å². The predicted octanol–water partition coefficient (Wildman–Crippen LogP) is 4.34. The van der Waals surface area contributed by atoms with Crippen LogP contribution in [0.15, 0.2) is 45.8 Å². The lowest BCUT2D eigenvalue weighted by Gasteiger charge is -2.11. The van der Waals surface area contributed by atoms with Crippen LogP contribution in [0.5, 0.6) is 11.5 Å². The molecular formula is C19H25N3O2S. The van der Waals surface area contributed by atoms with Crippen LogP contribution in [0.3, 0.4) is 0 Å². The van der Waals surface area contributed by atoms with Gasteiger partial charge in [-0.2, -0.15) is 5.10 Å². The lowest BCUT2D eigenvalue weighted by molar-refractivity contribution is 0.404. The zero-order valence-corrected chi connectivity index (χ0v) is 16.1. The summed E-state index contributed by atoms with van der Waals surface area (Å²) in [5.41, 5.74) is 2.86. The van der Waals surface area contributed by atoms with Gasteiger partial charge >= 0.3 is 0 Å². The molecule has 2 rings (SSSR count). The second-order valence-electron chi connectivity index (χ2n) is 5.64. The molecule has 0 aliphatic carbocycles. The maximum absolute atomic E-state index is 5.53. The first-order chi connectivity index (χ1) is 12.1. The molecule has 134 valence electrons. The molecule has 1 heterocycles. The molecule has 1 aromatic heterocycles. The first-order valence-corrected chi connectivity index (χ1v) is 9.09. The number of thiazole rings is 1. The zero-order chi connectivity index (χ0) is 18.2. The SMILES string of the molecule is C=C(C)CN=c1scc(-c2cc(OC)ccc2OC)n1/N=C/CCC. The third kappa shape index (κ3) is 4.82. The van der Waals surface area contributed by atoms with Crippen molar-refractivity contribution in [3.05, 3.63) is 40.5 Å². The van der Waals surface area contributed by atoms with Gasteiger partial charge in [-0.1, -0.05) is 25.5 Å². The van der Waals surface area contributed by atoms with Crippen LogP contribution in [-0.2, 0) is 0 Å². The van der Waals surface area contributed by atoms with Crippen LogP contribution in [-0.4, -0.2) is 31.7 Å². The van der Waals surface area contributed by atoms with Gasteiger partial charge in [0.2, 0.25) is 4.80 Å². The molecule has 0 atom stereocenters. The standard InChI is InChI=1S/C19H25N3O2S/c1-6-7-10-21-22-17(13-25-19(22)20-12-14(2)3)16-11-15(23-4)8-9-18(16)24-5/h8-11,13H,2,6-7,12H2,1,3-5H3/b20-19?,21-10+. The van der Waals surface area contributed by atoms with E-state index < -0.39 is 0 Å². The largest absolute Gasteiger partial charge is 0.497 e. The summed E-state index contributed by atoms with van der Waals surface area (Å²) in [5, 5.41) is 6.66.